The lowest BCUT2D eigenvalue weighted by Gasteiger charge is -2.24. The summed E-state index contributed by atoms with van der Waals surface area (Å²) in [6, 6.07) is 30.6. The molecule has 45 heavy (non-hydrogen) atoms. The number of nitrogens with one attached hydrogen (secondary N) is 2. The zero-order valence-electron chi connectivity index (χ0n) is 24.6. The number of anilines is 2. The van der Waals surface area contributed by atoms with Crippen LogP contribution in [0.5, 0.6) is 11.5 Å². The average molecular weight is 608 g/mol. The number of rotatable bonds is 11. The van der Waals surface area contributed by atoms with Gasteiger partial charge in [0.1, 0.15) is 11.5 Å². The minimum absolute atomic E-state index is 0.196. The molecule has 8 nitrogen and oxygen atoms in total. The standard InChI is InChI=1S/C36H34FN3O5/c37-33(35(42)43)23-38-34(41)28-16-14-25(15-17-28)24-40(30-20-18-27(19-21-30)26-8-3-1-4-9-26)36(44)39-29-10-7-13-32(22-29)45-31-11-5-2-6-12-31/h2,5-8,10-22,33H,1,3-4,9,23-24H2,(H,38,41)(H,39,44)(H,42,43). The number of carboxylic acid groups (broad SMARTS) is 1. The highest BCUT2D eigenvalue weighted by atomic mass is 19.1. The number of carboxylic acids is 1. The third-order valence-corrected chi connectivity index (χ3v) is 7.42. The number of benzene rings is 4. The summed E-state index contributed by atoms with van der Waals surface area (Å²) in [6.45, 7) is -0.435. The second kappa shape index (κ2) is 14.8. The van der Waals surface area contributed by atoms with Crippen molar-refractivity contribution in [1.29, 1.82) is 0 Å². The van der Waals surface area contributed by atoms with E-state index in [0.717, 1.165) is 30.4 Å². The van der Waals surface area contributed by atoms with Gasteiger partial charge in [-0.05, 0) is 90.9 Å². The molecule has 0 bridgehead atoms. The Morgan fingerprint density at radius 2 is 1.60 bits per heavy atom. The number of hydrogen-bond acceptors (Lipinski definition) is 4. The van der Waals surface area contributed by atoms with E-state index in [0.29, 0.717) is 22.9 Å². The molecule has 4 aromatic rings. The molecule has 0 aromatic heterocycles. The van der Waals surface area contributed by atoms with E-state index in [2.05, 4.69) is 16.7 Å². The minimum Gasteiger partial charge on any atom is -0.479 e. The van der Waals surface area contributed by atoms with Crippen molar-refractivity contribution in [2.45, 2.75) is 38.4 Å². The Morgan fingerprint density at radius 3 is 2.29 bits per heavy atom. The number of aliphatic carboxylic acids is 1. The number of para-hydroxylation sites is 1. The van der Waals surface area contributed by atoms with E-state index in [1.54, 1.807) is 47.4 Å². The molecule has 0 radical (unpaired) electrons. The minimum atomic E-state index is -2.19. The smallest absolute Gasteiger partial charge is 0.340 e. The van der Waals surface area contributed by atoms with E-state index in [9.17, 15) is 18.8 Å². The van der Waals surface area contributed by atoms with Crippen LogP contribution in [0.25, 0.3) is 5.57 Å². The number of urea groups is 1. The Morgan fingerprint density at radius 1 is 0.867 bits per heavy atom. The maximum Gasteiger partial charge on any atom is 0.340 e. The van der Waals surface area contributed by atoms with Crippen molar-refractivity contribution in [3.05, 3.63) is 126 Å². The molecule has 9 heteroatoms. The predicted molar refractivity (Wildman–Crippen MR) is 172 cm³/mol. The van der Waals surface area contributed by atoms with E-state index in [1.165, 1.54) is 12.0 Å². The van der Waals surface area contributed by atoms with Gasteiger partial charge in [0, 0.05) is 23.0 Å². The van der Waals surface area contributed by atoms with Gasteiger partial charge in [-0.2, -0.15) is 0 Å². The fraction of sp³-hybridized carbons (Fsp3) is 0.194. The number of nitrogens with zero attached hydrogens (tertiary/aromatic N) is 1. The largest absolute Gasteiger partial charge is 0.479 e. The number of amides is 3. The summed E-state index contributed by atoms with van der Waals surface area (Å²) in [5.74, 6) is -0.973. The Labute approximate surface area is 261 Å². The lowest BCUT2D eigenvalue weighted by molar-refractivity contribution is -0.142. The first-order valence-corrected chi connectivity index (χ1v) is 14.8. The SMILES string of the molecule is O=C(NCC(F)C(=O)O)c1ccc(CN(C(=O)Nc2cccc(Oc3ccccc3)c2)c2ccc(C3=CCCCC3)cc2)cc1. The second-order valence-electron chi connectivity index (χ2n) is 10.7. The predicted octanol–water partition coefficient (Wildman–Crippen LogP) is 7.83. The molecular weight excluding hydrogens is 573 g/mol. The fourth-order valence-corrected chi connectivity index (χ4v) is 5.00. The lowest BCUT2D eigenvalue weighted by atomic mass is 9.93. The molecule has 1 atom stereocenters. The van der Waals surface area contributed by atoms with E-state index >= 15 is 0 Å². The average Bonchev–Trinajstić information content (AvgIpc) is 3.07. The van der Waals surface area contributed by atoms with Crippen molar-refractivity contribution in [3.63, 3.8) is 0 Å². The first kappa shape index (κ1) is 31.0. The fourth-order valence-electron chi connectivity index (χ4n) is 5.00. The van der Waals surface area contributed by atoms with Crippen LogP contribution in [0.1, 0.15) is 47.2 Å². The molecule has 5 rings (SSSR count). The summed E-state index contributed by atoms with van der Waals surface area (Å²) in [5, 5.41) is 14.0. The third-order valence-electron chi connectivity index (χ3n) is 7.42. The van der Waals surface area contributed by atoms with E-state index in [1.807, 2.05) is 60.7 Å². The van der Waals surface area contributed by atoms with Gasteiger partial charge in [0.2, 0.25) is 6.17 Å². The summed E-state index contributed by atoms with van der Waals surface area (Å²) in [6.07, 6.45) is 4.56. The highest BCUT2D eigenvalue weighted by Gasteiger charge is 2.20. The van der Waals surface area contributed by atoms with Crippen LogP contribution in [-0.2, 0) is 11.3 Å². The van der Waals surface area contributed by atoms with Crippen molar-refractivity contribution < 1.29 is 28.6 Å². The van der Waals surface area contributed by atoms with E-state index < -0.39 is 24.6 Å². The normalized spacial score (nSPS) is 13.2. The molecule has 3 N–H and O–H groups in total. The topological polar surface area (TPSA) is 108 Å². The van der Waals surface area contributed by atoms with Crippen LogP contribution in [0.15, 0.2) is 109 Å². The highest BCUT2D eigenvalue weighted by molar-refractivity contribution is 6.02. The number of hydrogen-bond donors (Lipinski definition) is 3. The van der Waals surface area contributed by atoms with Crippen LogP contribution in [0, 0.1) is 0 Å². The number of carbonyl (C=O) groups excluding carboxylic acids is 2. The zero-order valence-corrected chi connectivity index (χ0v) is 24.6. The maximum atomic E-state index is 13.8. The number of allylic oxidation sites excluding steroid dienone is 2. The molecule has 0 aliphatic heterocycles. The van der Waals surface area contributed by atoms with E-state index in [-0.39, 0.29) is 18.1 Å². The van der Waals surface area contributed by atoms with Gasteiger partial charge >= 0.3 is 12.0 Å². The monoisotopic (exact) mass is 607 g/mol. The van der Waals surface area contributed by atoms with Gasteiger partial charge in [-0.3, -0.25) is 9.69 Å². The van der Waals surface area contributed by atoms with Gasteiger partial charge in [0.25, 0.3) is 5.91 Å². The first-order chi connectivity index (χ1) is 21.9. The van der Waals surface area contributed by atoms with Gasteiger partial charge in [-0.1, -0.05) is 54.6 Å². The van der Waals surface area contributed by atoms with Crippen LogP contribution >= 0.6 is 0 Å². The zero-order chi connectivity index (χ0) is 31.6. The Hall–Kier alpha value is -5.44. The molecular formula is C36H34FN3O5. The van der Waals surface area contributed by atoms with Crippen molar-refractivity contribution in [3.8, 4) is 11.5 Å². The van der Waals surface area contributed by atoms with Gasteiger partial charge in [-0.15, -0.1) is 0 Å². The van der Waals surface area contributed by atoms with Gasteiger partial charge in [0.15, 0.2) is 0 Å². The molecule has 1 unspecified atom stereocenters. The number of ether oxygens (including phenoxy) is 1. The second-order valence-corrected chi connectivity index (χ2v) is 10.7. The Kier molecular flexibility index (Phi) is 10.2. The van der Waals surface area contributed by atoms with Gasteiger partial charge in [0.05, 0.1) is 13.1 Å². The Balaban J connectivity index is 1.34. The van der Waals surface area contributed by atoms with Gasteiger partial charge < -0.3 is 20.5 Å². The summed E-state index contributed by atoms with van der Waals surface area (Å²) < 4.78 is 19.3. The molecule has 4 aromatic carbocycles. The Bertz CT molecular complexity index is 1660. The first-order valence-electron chi connectivity index (χ1n) is 14.8. The lowest BCUT2D eigenvalue weighted by Crippen LogP contribution is -2.35. The van der Waals surface area contributed by atoms with Crippen LogP contribution in [0.4, 0.5) is 20.6 Å². The quantitative estimate of drug-likeness (QED) is 0.161. The summed E-state index contributed by atoms with van der Waals surface area (Å²) >= 11 is 0. The molecule has 1 aliphatic carbocycles. The molecule has 0 saturated heterocycles. The maximum absolute atomic E-state index is 13.8. The molecule has 3 amide bonds. The summed E-state index contributed by atoms with van der Waals surface area (Å²) in [5.41, 5.74) is 4.69. The number of carbonyl (C=O) groups is 3. The van der Waals surface area contributed by atoms with Crippen molar-refractivity contribution in [1.82, 2.24) is 5.32 Å². The van der Waals surface area contributed by atoms with Crippen LogP contribution in [-0.4, -0.2) is 35.7 Å². The molecule has 0 saturated carbocycles. The van der Waals surface area contributed by atoms with Crippen LogP contribution in [0.2, 0.25) is 0 Å². The van der Waals surface area contributed by atoms with Crippen molar-refractivity contribution in [2.24, 2.45) is 0 Å². The summed E-state index contributed by atoms with van der Waals surface area (Å²) in [7, 11) is 0. The molecule has 0 fully saturated rings. The van der Waals surface area contributed by atoms with E-state index in [4.69, 9.17) is 9.84 Å². The number of alkyl halides is 1. The van der Waals surface area contributed by atoms with Crippen molar-refractivity contribution >= 4 is 34.9 Å². The highest BCUT2D eigenvalue weighted by Crippen LogP contribution is 2.29. The van der Waals surface area contributed by atoms with Crippen molar-refractivity contribution in [2.75, 3.05) is 16.8 Å². The third kappa shape index (κ3) is 8.57. The molecule has 1 aliphatic rings. The number of halogens is 1. The van der Waals surface area contributed by atoms with Crippen LogP contribution in [0.3, 0.4) is 0 Å². The molecule has 230 valence electrons. The van der Waals surface area contributed by atoms with Gasteiger partial charge in [-0.25, -0.2) is 14.0 Å². The summed E-state index contributed by atoms with van der Waals surface area (Å²) in [4.78, 5) is 38.5. The molecule has 0 spiro atoms. The molecule has 0 heterocycles. The van der Waals surface area contributed by atoms with Crippen LogP contribution < -0.4 is 20.3 Å².